The smallest absolute Gasteiger partial charge is 0.252 e. The van der Waals surface area contributed by atoms with Crippen molar-refractivity contribution in [1.82, 2.24) is 9.13 Å². The maximum Gasteiger partial charge on any atom is 0.252 e. The minimum atomic E-state index is -1.11. The van der Waals surface area contributed by atoms with E-state index in [4.69, 9.17) is 0 Å². The fraction of sp³-hybridized carbons (Fsp3) is 0.130. The van der Waals surface area contributed by atoms with Gasteiger partial charge in [-0.05, 0) is 156 Å². The molecule has 3 aromatic heterocycles. The molecule has 0 N–H and O–H groups in total. The lowest BCUT2D eigenvalue weighted by Crippen LogP contribution is -2.61. The fourth-order valence-electron chi connectivity index (χ4n) is 15.4. The van der Waals surface area contributed by atoms with Gasteiger partial charge >= 0.3 is 0 Å². The van der Waals surface area contributed by atoms with E-state index in [1.54, 1.807) is 11.3 Å². The Balaban J connectivity index is 1.09. The highest BCUT2D eigenvalue weighted by Crippen LogP contribution is 2.56. The van der Waals surface area contributed by atoms with Crippen LogP contribution in [0, 0.1) is 0 Å². The van der Waals surface area contributed by atoms with Gasteiger partial charge in [0.25, 0.3) is 6.71 Å². The van der Waals surface area contributed by atoms with Gasteiger partial charge in [0.2, 0.25) is 0 Å². The van der Waals surface area contributed by atoms with Crippen LogP contribution in [0.3, 0.4) is 0 Å². The predicted molar refractivity (Wildman–Crippen MR) is 422 cm³/mol. The third-order valence-electron chi connectivity index (χ3n) is 20.4. The second kappa shape index (κ2) is 22.3. The van der Waals surface area contributed by atoms with Crippen molar-refractivity contribution in [1.29, 1.82) is 0 Å². The molecule has 4 nitrogen and oxygen atoms in total. The summed E-state index contributed by atoms with van der Waals surface area (Å²) in [5.74, 6) is 0. The molecule has 0 aliphatic carbocycles. The van der Waals surface area contributed by atoms with Crippen LogP contribution in [0.2, 0.25) is 0 Å². The Hall–Kier alpha value is -10.9. The fourth-order valence-corrected chi connectivity index (χ4v) is 16.7. The molecule has 0 fully saturated rings. The van der Waals surface area contributed by atoms with E-state index >= 15 is 0 Å². The number of hydrogen-bond donors (Lipinski definition) is 0. The Kier molecular flexibility index (Phi) is 12.1. The van der Waals surface area contributed by atoms with Crippen LogP contribution in [0.5, 0.6) is 0 Å². The van der Waals surface area contributed by atoms with E-state index in [0.29, 0.717) is 22.3 Å². The quantitative estimate of drug-likeness (QED) is 0.141. The Morgan fingerprint density at radius 1 is 0.337 bits per heavy atom. The zero-order valence-corrected chi connectivity index (χ0v) is 57.3. The summed E-state index contributed by atoms with van der Waals surface area (Å²) in [5.41, 5.74) is 17.4. The van der Waals surface area contributed by atoms with Crippen LogP contribution in [0.4, 0.5) is 34.1 Å². The van der Waals surface area contributed by atoms with Crippen LogP contribution in [-0.4, -0.2) is 15.8 Å². The molecular formula is C92H75BN4S. The van der Waals surface area contributed by atoms with Crippen LogP contribution in [-0.2, 0) is 16.2 Å². The van der Waals surface area contributed by atoms with Gasteiger partial charge in [-0.15, -0.1) is 11.3 Å². The highest BCUT2D eigenvalue weighted by atomic mass is 32.1. The predicted octanol–water partition coefficient (Wildman–Crippen LogP) is 23.7. The molecule has 13 aromatic carbocycles. The van der Waals surface area contributed by atoms with Crippen molar-refractivity contribution < 1.29 is 8.22 Å². The van der Waals surface area contributed by atoms with Gasteiger partial charge < -0.3 is 18.9 Å². The van der Waals surface area contributed by atoms with E-state index in [9.17, 15) is 8.22 Å². The SMILES string of the molecule is [2H]c1c([2H])c(-n2c3ccccc3c3ccccc32)c([2H])c2c1B1c3c(cc(C(C)(C)C)cc3N(c3c(-c4ccccc4)cc(C(C)(C)C)cc3-c3ccccc3)c3c([2H])c(-n4c5ccccc5c5c6ccccc6sc54)c([2H])c([2H])c31)N2c1c(-c2ccccc2)cc(C(C)(C)C)cc1-c1ccccc1. The number of para-hydroxylation sites is 3. The number of benzene rings is 13. The second-order valence-corrected chi connectivity index (χ2v) is 30.6. The number of hydrogen-bond acceptors (Lipinski definition) is 3. The van der Waals surface area contributed by atoms with Crippen LogP contribution in [0.15, 0.2) is 291 Å². The molecule has 16 aromatic rings. The normalized spacial score (nSPS) is 13.9. The Bertz CT molecular complexity index is 6080. The second-order valence-electron chi connectivity index (χ2n) is 29.6. The number of nitrogens with zero attached hydrogens (tertiary/aromatic N) is 4. The van der Waals surface area contributed by atoms with E-state index in [-0.39, 0.29) is 58.5 Å². The first-order valence-electron chi connectivity index (χ1n) is 37.1. The maximum absolute atomic E-state index is 11.7. The van der Waals surface area contributed by atoms with Gasteiger partial charge in [0.05, 0.1) is 36.1 Å². The first-order valence-corrected chi connectivity index (χ1v) is 34.9. The molecule has 0 spiro atoms. The lowest BCUT2D eigenvalue weighted by molar-refractivity contribution is 0.590. The summed E-state index contributed by atoms with van der Waals surface area (Å²) in [6, 6.07) is 88.4. The summed E-state index contributed by atoms with van der Waals surface area (Å²) in [6.07, 6.45) is 0. The standard InChI is InChI=1S/C92H75BN4S/c1-90(2,3)62-50-71(58-30-14-10-15-31-58)87(72(51-62)59-32-16-11-17-33-59)96-80-56-65(94-77-42-26-22-38-67(77)68-39-23-27-43-78(68)94)46-48-75(80)93-76-49-47-66(95-79-44-28-24-40-69(79)85-70-41-25-29-45-84(70)98-89(85)95)57-81(76)97(83-55-64(92(7,8)9)54-82(96)86(83)93)88-73(60-34-18-12-19-35-60)52-63(91(4,5)6)53-74(88)61-36-20-13-21-37-61/h10-57H,1-9H3/i46D,47D,48D,49D,56D,57D. The van der Waals surface area contributed by atoms with Crippen molar-refractivity contribution >= 4 is 122 Å². The highest BCUT2D eigenvalue weighted by Gasteiger charge is 2.47. The zero-order valence-electron chi connectivity index (χ0n) is 62.5. The van der Waals surface area contributed by atoms with Gasteiger partial charge in [-0.2, -0.15) is 0 Å². The molecule has 2 aliphatic heterocycles. The molecular weight excluding hydrogens is 1200 g/mol. The zero-order chi connectivity index (χ0) is 71.7. The molecule has 6 heteroatoms. The van der Waals surface area contributed by atoms with E-state index < -0.39 is 12.1 Å². The maximum atomic E-state index is 11.7. The van der Waals surface area contributed by atoms with E-state index in [1.165, 1.54) is 0 Å². The van der Waals surface area contributed by atoms with Crippen LogP contribution >= 0.6 is 11.3 Å². The first-order chi connectivity index (χ1) is 50.1. The summed E-state index contributed by atoms with van der Waals surface area (Å²) in [4.78, 5) is 5.43. The molecule has 0 unspecified atom stereocenters. The van der Waals surface area contributed by atoms with Gasteiger partial charge in [0.15, 0.2) is 0 Å². The van der Waals surface area contributed by atoms with E-state index in [0.717, 1.165) is 142 Å². The van der Waals surface area contributed by atoms with Crippen LogP contribution < -0.4 is 26.2 Å². The molecule has 18 rings (SSSR count). The van der Waals surface area contributed by atoms with Crippen LogP contribution in [0.1, 0.15) is 87.2 Å². The Labute approximate surface area is 587 Å². The number of anilines is 6. The van der Waals surface area contributed by atoms with Crippen molar-refractivity contribution in [3.63, 3.8) is 0 Å². The summed E-state index contributed by atoms with van der Waals surface area (Å²) >= 11 is 1.62. The minimum Gasteiger partial charge on any atom is -0.310 e. The van der Waals surface area contributed by atoms with Gasteiger partial charge in [-0.3, -0.25) is 0 Å². The molecule has 0 amide bonds. The van der Waals surface area contributed by atoms with Crippen molar-refractivity contribution in [3.8, 4) is 55.9 Å². The molecule has 472 valence electrons. The minimum absolute atomic E-state index is 0.0181. The molecule has 0 atom stereocenters. The number of rotatable bonds is 8. The monoisotopic (exact) mass is 1280 g/mol. The molecule has 0 saturated carbocycles. The van der Waals surface area contributed by atoms with Crippen LogP contribution in [0.25, 0.3) is 109 Å². The largest absolute Gasteiger partial charge is 0.310 e. The average Bonchev–Trinajstić information content (AvgIpc) is 0.770. The molecule has 0 radical (unpaired) electrons. The lowest BCUT2D eigenvalue weighted by Gasteiger charge is -2.47. The molecule has 0 saturated heterocycles. The van der Waals surface area contributed by atoms with Crippen molar-refractivity contribution in [2.45, 2.75) is 78.6 Å². The molecule has 0 bridgehead atoms. The molecule has 2 aliphatic rings. The topological polar surface area (TPSA) is 16.3 Å². The first kappa shape index (κ1) is 53.3. The van der Waals surface area contributed by atoms with Crippen molar-refractivity contribution in [2.24, 2.45) is 0 Å². The van der Waals surface area contributed by atoms with Gasteiger partial charge in [-0.25, -0.2) is 0 Å². The Morgan fingerprint density at radius 3 is 1.08 bits per heavy atom. The van der Waals surface area contributed by atoms with Crippen molar-refractivity contribution in [3.05, 3.63) is 308 Å². The lowest BCUT2D eigenvalue weighted by atomic mass is 9.33. The summed E-state index contributed by atoms with van der Waals surface area (Å²) < 4.78 is 73.3. The highest BCUT2D eigenvalue weighted by molar-refractivity contribution is 7.25. The van der Waals surface area contributed by atoms with Gasteiger partial charge in [0.1, 0.15) is 4.83 Å². The summed E-state index contributed by atoms with van der Waals surface area (Å²) in [5, 5.41) is 4.98. The van der Waals surface area contributed by atoms with E-state index in [2.05, 4.69) is 259 Å². The third kappa shape index (κ3) is 9.39. The number of thiophene rings is 1. The molecule has 5 heterocycles. The third-order valence-corrected chi connectivity index (χ3v) is 21.5. The molecule has 98 heavy (non-hydrogen) atoms. The van der Waals surface area contributed by atoms with E-state index in [1.807, 2.05) is 77.4 Å². The van der Waals surface area contributed by atoms with Gasteiger partial charge in [0, 0.05) is 88.0 Å². The Morgan fingerprint density at radius 2 is 0.673 bits per heavy atom. The average molecular weight is 1290 g/mol. The number of fused-ring (bicyclic) bond motifs is 12. The summed E-state index contributed by atoms with van der Waals surface area (Å²) in [6.45, 7) is 19.1. The van der Waals surface area contributed by atoms with Gasteiger partial charge in [-0.1, -0.05) is 269 Å². The number of aromatic nitrogens is 2. The summed E-state index contributed by atoms with van der Waals surface area (Å²) in [7, 11) is 0. The van der Waals surface area contributed by atoms with Crippen molar-refractivity contribution in [2.75, 3.05) is 9.80 Å².